The first-order valence-corrected chi connectivity index (χ1v) is 6.12. The summed E-state index contributed by atoms with van der Waals surface area (Å²) >= 11 is 0. The van der Waals surface area contributed by atoms with E-state index in [0.29, 0.717) is 5.31 Å². The van der Waals surface area contributed by atoms with Crippen molar-refractivity contribution in [2.75, 3.05) is 0 Å². The molecule has 0 nitrogen and oxygen atoms in total. The van der Waals surface area contributed by atoms with Gasteiger partial charge in [0.05, 0.1) is 0 Å². The fourth-order valence-electron chi connectivity index (χ4n) is 1.56. The summed E-state index contributed by atoms with van der Waals surface area (Å²) in [6.07, 6.45) is 11.3. The van der Waals surface area contributed by atoms with Crippen LogP contribution in [0.2, 0.25) is 5.31 Å². The fourth-order valence-corrected chi connectivity index (χ4v) is 1.56. The Bertz CT molecular complexity index is 108. The van der Waals surface area contributed by atoms with Crippen LogP contribution in [0.25, 0.3) is 0 Å². The van der Waals surface area contributed by atoms with Crippen LogP contribution in [-0.4, -0.2) is 7.85 Å². The maximum atomic E-state index is 2.39. The molecule has 0 saturated heterocycles. The summed E-state index contributed by atoms with van der Waals surface area (Å²) in [5.41, 5.74) is 0. The molecule has 0 aromatic heterocycles. The van der Waals surface area contributed by atoms with Crippen LogP contribution in [0.5, 0.6) is 0 Å². The Hall–Kier alpha value is 0.0649. The third kappa shape index (κ3) is 8.40. The minimum atomic E-state index is 0.588. The van der Waals surface area contributed by atoms with Gasteiger partial charge in [0, 0.05) is 0 Å². The molecule has 0 aromatic rings. The summed E-state index contributed by atoms with van der Waals surface area (Å²) in [5, 5.41) is 0.588. The maximum Gasteiger partial charge on any atom is 0.109 e. The van der Waals surface area contributed by atoms with Gasteiger partial charge in [-0.1, -0.05) is 77.5 Å². The molecule has 0 spiro atoms. The molecule has 0 N–H and O–H groups in total. The van der Waals surface area contributed by atoms with E-state index in [-0.39, 0.29) is 0 Å². The van der Waals surface area contributed by atoms with E-state index in [1.54, 1.807) is 0 Å². The molecule has 0 aromatic carbocycles. The molecule has 0 aliphatic heterocycles. The van der Waals surface area contributed by atoms with E-state index in [0.717, 1.165) is 0 Å². The first-order chi connectivity index (χ1) is 6.12. The summed E-state index contributed by atoms with van der Waals surface area (Å²) in [4.78, 5) is 0. The topological polar surface area (TPSA) is 0 Å². The largest absolute Gasteiger partial charge is 0.109 e. The monoisotopic (exact) mass is 182 g/mol. The molecule has 1 heteroatoms. The molecule has 1 unspecified atom stereocenters. The average molecular weight is 182 g/mol. The lowest BCUT2D eigenvalue weighted by molar-refractivity contribution is 0.491. The van der Waals surface area contributed by atoms with Crippen molar-refractivity contribution in [2.24, 2.45) is 0 Å². The summed E-state index contributed by atoms with van der Waals surface area (Å²) < 4.78 is 0. The second-order valence-electron chi connectivity index (χ2n) is 5.04. The molecule has 0 heterocycles. The molecule has 0 rings (SSSR count). The van der Waals surface area contributed by atoms with E-state index in [1.165, 1.54) is 51.4 Å². The van der Waals surface area contributed by atoms with Crippen molar-refractivity contribution in [1.29, 1.82) is 0 Å². The fraction of sp³-hybridized carbons (Fsp3) is 1.00. The number of rotatable bonds is 8. The molecule has 78 valence electrons. The van der Waals surface area contributed by atoms with Crippen LogP contribution >= 0.6 is 0 Å². The Balaban J connectivity index is 3.16. The Labute approximate surface area is 85.9 Å². The zero-order valence-electron chi connectivity index (χ0n) is 10.2. The van der Waals surface area contributed by atoms with Gasteiger partial charge in [0.1, 0.15) is 7.85 Å². The van der Waals surface area contributed by atoms with Crippen LogP contribution in [0.3, 0.4) is 0 Å². The highest BCUT2D eigenvalue weighted by Crippen LogP contribution is 2.31. The molecular weight excluding hydrogens is 155 g/mol. The first kappa shape index (κ1) is 13.1. The minimum Gasteiger partial charge on any atom is -0.0669 e. The lowest BCUT2D eigenvalue weighted by atomic mass is 9.65. The lowest BCUT2D eigenvalue weighted by Crippen LogP contribution is -2.05. The van der Waals surface area contributed by atoms with E-state index < -0.39 is 0 Å². The zero-order valence-corrected chi connectivity index (χ0v) is 10.2. The molecule has 0 aliphatic rings. The Morgan fingerprint density at radius 2 is 1.46 bits per heavy atom. The van der Waals surface area contributed by atoms with Gasteiger partial charge < -0.3 is 0 Å². The van der Waals surface area contributed by atoms with Gasteiger partial charge in [0.2, 0.25) is 0 Å². The van der Waals surface area contributed by atoms with E-state index in [1.807, 2.05) is 0 Å². The van der Waals surface area contributed by atoms with E-state index >= 15 is 0 Å². The molecule has 0 fully saturated rings. The SMILES string of the molecule is BC(C)(CC)CCCCCCCC. The van der Waals surface area contributed by atoms with Crippen LogP contribution in [0.15, 0.2) is 0 Å². The summed E-state index contributed by atoms with van der Waals surface area (Å²) in [6.45, 7) is 6.97. The van der Waals surface area contributed by atoms with Crippen LogP contribution in [0.4, 0.5) is 0 Å². The smallest absolute Gasteiger partial charge is 0.0669 e. The van der Waals surface area contributed by atoms with Crippen LogP contribution in [-0.2, 0) is 0 Å². The van der Waals surface area contributed by atoms with E-state index in [2.05, 4.69) is 28.6 Å². The van der Waals surface area contributed by atoms with Crippen LogP contribution in [0.1, 0.15) is 72.1 Å². The first-order valence-electron chi connectivity index (χ1n) is 6.12. The second kappa shape index (κ2) is 7.47. The Morgan fingerprint density at radius 3 is 2.00 bits per heavy atom. The molecular formula is C12H27B. The molecule has 0 aliphatic carbocycles. The van der Waals surface area contributed by atoms with Crippen molar-refractivity contribution in [1.82, 2.24) is 0 Å². The predicted molar refractivity (Wildman–Crippen MR) is 65.2 cm³/mol. The maximum absolute atomic E-state index is 2.39. The summed E-state index contributed by atoms with van der Waals surface area (Å²) in [5.74, 6) is 0. The molecule has 0 amide bonds. The second-order valence-corrected chi connectivity index (χ2v) is 5.04. The predicted octanol–water partition coefficient (Wildman–Crippen LogP) is 3.96. The molecule has 0 radical (unpaired) electrons. The lowest BCUT2D eigenvalue weighted by Gasteiger charge is -2.22. The standard InChI is InChI=1S/C12H27B/c1-4-6-7-8-9-10-11-12(3,13)5-2/h4-11,13H2,1-3H3. The van der Waals surface area contributed by atoms with Crippen LogP contribution < -0.4 is 0 Å². The van der Waals surface area contributed by atoms with Gasteiger partial charge in [-0.05, 0) is 0 Å². The van der Waals surface area contributed by atoms with Gasteiger partial charge in [-0.25, -0.2) is 0 Å². The third-order valence-corrected chi connectivity index (χ3v) is 3.16. The van der Waals surface area contributed by atoms with Crippen LogP contribution in [0, 0.1) is 0 Å². The van der Waals surface area contributed by atoms with Gasteiger partial charge in [0.25, 0.3) is 0 Å². The summed E-state index contributed by atoms with van der Waals surface area (Å²) in [6, 6.07) is 0. The van der Waals surface area contributed by atoms with Gasteiger partial charge in [-0.3, -0.25) is 0 Å². The van der Waals surface area contributed by atoms with E-state index in [9.17, 15) is 0 Å². The van der Waals surface area contributed by atoms with Gasteiger partial charge in [-0.15, -0.1) is 0 Å². The van der Waals surface area contributed by atoms with E-state index in [4.69, 9.17) is 0 Å². The minimum absolute atomic E-state index is 0.588. The highest BCUT2D eigenvalue weighted by Gasteiger charge is 2.13. The molecule has 13 heavy (non-hydrogen) atoms. The van der Waals surface area contributed by atoms with Crippen molar-refractivity contribution in [3.8, 4) is 0 Å². The molecule has 0 saturated carbocycles. The molecule has 1 atom stereocenters. The average Bonchev–Trinajstić information content (AvgIpc) is 2.11. The number of unbranched alkanes of at least 4 members (excludes halogenated alkanes) is 5. The van der Waals surface area contributed by atoms with Gasteiger partial charge in [-0.2, -0.15) is 0 Å². The van der Waals surface area contributed by atoms with Crippen molar-refractivity contribution in [2.45, 2.75) is 77.5 Å². The Kier molecular flexibility index (Phi) is 7.50. The van der Waals surface area contributed by atoms with Crippen molar-refractivity contribution in [3.63, 3.8) is 0 Å². The highest BCUT2D eigenvalue weighted by atomic mass is 14.1. The summed E-state index contributed by atoms with van der Waals surface area (Å²) in [7, 11) is 2.39. The Morgan fingerprint density at radius 1 is 0.923 bits per heavy atom. The molecule has 0 bridgehead atoms. The third-order valence-electron chi connectivity index (χ3n) is 3.16. The van der Waals surface area contributed by atoms with Gasteiger partial charge >= 0.3 is 0 Å². The normalized spacial score (nSPS) is 15.6. The number of hydrogen-bond acceptors (Lipinski definition) is 0. The van der Waals surface area contributed by atoms with Crippen molar-refractivity contribution < 1.29 is 0 Å². The van der Waals surface area contributed by atoms with Crippen molar-refractivity contribution >= 4 is 7.85 Å². The number of hydrogen-bond donors (Lipinski definition) is 0. The quantitative estimate of drug-likeness (QED) is 0.393. The highest BCUT2D eigenvalue weighted by molar-refractivity contribution is 6.14. The van der Waals surface area contributed by atoms with Crippen molar-refractivity contribution in [3.05, 3.63) is 0 Å². The van der Waals surface area contributed by atoms with Gasteiger partial charge in [0.15, 0.2) is 0 Å². The zero-order chi connectivity index (χ0) is 10.2.